The van der Waals surface area contributed by atoms with Crippen molar-refractivity contribution in [1.29, 1.82) is 0 Å². The number of H-pyrrole nitrogens is 2. The van der Waals surface area contributed by atoms with Crippen LogP contribution in [0.25, 0.3) is 0 Å². The highest BCUT2D eigenvalue weighted by Crippen LogP contribution is 2.15. The molecular formula is C9H13N5O3S. The summed E-state index contributed by atoms with van der Waals surface area (Å²) in [5.41, 5.74) is 0.790. The molecule has 0 atom stereocenters. The Kier molecular flexibility index (Phi) is 3.45. The molecule has 18 heavy (non-hydrogen) atoms. The molecule has 0 aliphatic carbocycles. The first-order valence-electron chi connectivity index (χ1n) is 5.17. The van der Waals surface area contributed by atoms with Gasteiger partial charge in [0.2, 0.25) is 0 Å². The molecule has 4 N–H and O–H groups in total. The molecule has 0 bridgehead atoms. The van der Waals surface area contributed by atoms with E-state index >= 15 is 0 Å². The number of nitrogens with one attached hydrogen (secondary N) is 3. The number of aromatic nitrogens is 4. The van der Waals surface area contributed by atoms with E-state index in [1.807, 2.05) is 0 Å². The molecule has 2 aromatic heterocycles. The van der Waals surface area contributed by atoms with Crippen molar-refractivity contribution in [2.75, 3.05) is 0 Å². The number of hydrogen-bond acceptors (Lipinski definition) is 5. The zero-order chi connectivity index (χ0) is 13.2. The van der Waals surface area contributed by atoms with Crippen LogP contribution < -0.4 is 4.72 Å². The summed E-state index contributed by atoms with van der Waals surface area (Å²) in [6, 6.07) is 0. The van der Waals surface area contributed by atoms with Crippen LogP contribution in [0.2, 0.25) is 0 Å². The molecule has 0 aliphatic heterocycles. The summed E-state index contributed by atoms with van der Waals surface area (Å²) in [6.07, 6.45) is 3.13. The van der Waals surface area contributed by atoms with Crippen LogP contribution in [0, 0.1) is 6.92 Å². The molecule has 0 saturated carbocycles. The SMILES string of the molecule is Cc1[nH]nc(S(=O)(=O)NCc2ncc[nH]2)c1CO. The third-order valence-corrected chi connectivity index (χ3v) is 3.80. The lowest BCUT2D eigenvalue weighted by molar-refractivity contribution is 0.277. The number of aliphatic hydroxyl groups excluding tert-OH is 1. The van der Waals surface area contributed by atoms with Crippen LogP contribution in [0.5, 0.6) is 0 Å². The van der Waals surface area contributed by atoms with E-state index in [4.69, 9.17) is 5.11 Å². The number of nitrogens with zero attached hydrogens (tertiary/aromatic N) is 2. The molecule has 0 aromatic carbocycles. The van der Waals surface area contributed by atoms with Crippen LogP contribution in [0.15, 0.2) is 17.4 Å². The second-order valence-electron chi connectivity index (χ2n) is 3.65. The standard InChI is InChI=1S/C9H13N5O3S/c1-6-7(5-15)9(14-13-6)18(16,17)12-4-8-10-2-3-11-8/h2-3,12,15H,4-5H2,1H3,(H,10,11)(H,13,14). The van der Waals surface area contributed by atoms with Gasteiger partial charge in [-0.2, -0.15) is 5.10 Å². The fourth-order valence-corrected chi connectivity index (χ4v) is 2.64. The molecule has 9 heteroatoms. The molecule has 0 aliphatic rings. The van der Waals surface area contributed by atoms with E-state index in [-0.39, 0.29) is 23.7 Å². The summed E-state index contributed by atoms with van der Waals surface area (Å²) in [5, 5.41) is 15.2. The quantitative estimate of drug-likeness (QED) is 0.579. The van der Waals surface area contributed by atoms with Gasteiger partial charge in [-0.05, 0) is 6.92 Å². The maximum atomic E-state index is 12.0. The maximum Gasteiger partial charge on any atom is 0.260 e. The second kappa shape index (κ2) is 4.88. The van der Waals surface area contributed by atoms with Crippen LogP contribution in [0.4, 0.5) is 0 Å². The molecule has 2 heterocycles. The Bertz CT molecular complexity index is 617. The summed E-state index contributed by atoms with van der Waals surface area (Å²) in [4.78, 5) is 6.68. The molecular weight excluding hydrogens is 258 g/mol. The van der Waals surface area contributed by atoms with E-state index in [1.165, 1.54) is 6.20 Å². The number of sulfonamides is 1. The van der Waals surface area contributed by atoms with Crippen molar-refractivity contribution in [3.05, 3.63) is 29.5 Å². The Hall–Kier alpha value is -1.71. The van der Waals surface area contributed by atoms with Gasteiger partial charge in [-0.3, -0.25) is 5.10 Å². The van der Waals surface area contributed by atoms with Crippen molar-refractivity contribution in [2.24, 2.45) is 0 Å². The zero-order valence-electron chi connectivity index (χ0n) is 9.64. The van der Waals surface area contributed by atoms with Crippen molar-refractivity contribution in [3.63, 3.8) is 0 Å². The van der Waals surface area contributed by atoms with Gasteiger partial charge in [0.15, 0.2) is 5.03 Å². The van der Waals surface area contributed by atoms with Crippen molar-refractivity contribution in [3.8, 4) is 0 Å². The van der Waals surface area contributed by atoms with Gasteiger partial charge in [-0.15, -0.1) is 0 Å². The van der Waals surface area contributed by atoms with E-state index in [2.05, 4.69) is 24.9 Å². The predicted molar refractivity (Wildman–Crippen MR) is 61.9 cm³/mol. The normalized spacial score (nSPS) is 11.9. The average molecular weight is 271 g/mol. The highest BCUT2D eigenvalue weighted by Gasteiger charge is 2.23. The van der Waals surface area contributed by atoms with E-state index in [1.54, 1.807) is 13.1 Å². The number of hydrogen-bond donors (Lipinski definition) is 4. The van der Waals surface area contributed by atoms with E-state index in [0.29, 0.717) is 11.5 Å². The number of aliphatic hydroxyl groups is 1. The summed E-state index contributed by atoms with van der Waals surface area (Å²) < 4.78 is 26.3. The Balaban J connectivity index is 2.20. The Morgan fingerprint density at radius 2 is 2.28 bits per heavy atom. The molecule has 0 radical (unpaired) electrons. The highest BCUT2D eigenvalue weighted by atomic mass is 32.2. The van der Waals surface area contributed by atoms with Gasteiger partial charge in [0.05, 0.1) is 13.2 Å². The largest absolute Gasteiger partial charge is 0.392 e. The van der Waals surface area contributed by atoms with Crippen molar-refractivity contribution < 1.29 is 13.5 Å². The van der Waals surface area contributed by atoms with Crippen molar-refractivity contribution in [2.45, 2.75) is 25.1 Å². The molecule has 2 aromatic rings. The van der Waals surface area contributed by atoms with Crippen LogP contribution in [0.1, 0.15) is 17.1 Å². The first-order chi connectivity index (χ1) is 8.54. The van der Waals surface area contributed by atoms with Gasteiger partial charge < -0.3 is 10.1 Å². The summed E-state index contributed by atoms with van der Waals surface area (Å²) >= 11 is 0. The lowest BCUT2D eigenvalue weighted by atomic mass is 10.3. The molecule has 0 spiro atoms. The highest BCUT2D eigenvalue weighted by molar-refractivity contribution is 7.89. The van der Waals surface area contributed by atoms with Gasteiger partial charge in [0.1, 0.15) is 5.82 Å². The third kappa shape index (κ3) is 2.42. The molecule has 0 saturated heterocycles. The van der Waals surface area contributed by atoms with Crippen molar-refractivity contribution >= 4 is 10.0 Å². The Morgan fingerprint density at radius 3 is 2.89 bits per heavy atom. The molecule has 0 unspecified atom stereocenters. The number of rotatable bonds is 5. The Morgan fingerprint density at radius 1 is 1.50 bits per heavy atom. The van der Waals surface area contributed by atoms with E-state index in [9.17, 15) is 8.42 Å². The van der Waals surface area contributed by atoms with Gasteiger partial charge in [0, 0.05) is 23.7 Å². The maximum absolute atomic E-state index is 12.0. The monoisotopic (exact) mass is 271 g/mol. The summed E-state index contributed by atoms with van der Waals surface area (Å²) in [6.45, 7) is 1.29. The number of imidazole rings is 1. The van der Waals surface area contributed by atoms with Crippen LogP contribution >= 0.6 is 0 Å². The number of aryl methyl sites for hydroxylation is 1. The molecule has 2 rings (SSSR count). The first-order valence-corrected chi connectivity index (χ1v) is 6.65. The van der Waals surface area contributed by atoms with E-state index in [0.717, 1.165) is 0 Å². The van der Waals surface area contributed by atoms with Gasteiger partial charge in [-0.25, -0.2) is 18.1 Å². The Labute approximate surface area is 104 Å². The second-order valence-corrected chi connectivity index (χ2v) is 5.33. The molecule has 0 fully saturated rings. The van der Waals surface area contributed by atoms with Gasteiger partial charge in [-0.1, -0.05) is 0 Å². The molecule has 98 valence electrons. The van der Waals surface area contributed by atoms with Crippen LogP contribution in [-0.4, -0.2) is 33.7 Å². The van der Waals surface area contributed by atoms with Crippen LogP contribution in [-0.2, 0) is 23.2 Å². The third-order valence-electron chi connectivity index (χ3n) is 2.43. The van der Waals surface area contributed by atoms with Gasteiger partial charge in [0.25, 0.3) is 10.0 Å². The summed E-state index contributed by atoms with van der Waals surface area (Å²) in [5.74, 6) is 0.497. The zero-order valence-corrected chi connectivity index (χ0v) is 10.5. The summed E-state index contributed by atoms with van der Waals surface area (Å²) in [7, 11) is -3.77. The first kappa shape index (κ1) is 12.7. The van der Waals surface area contributed by atoms with Crippen molar-refractivity contribution in [1.82, 2.24) is 24.9 Å². The average Bonchev–Trinajstić information content (AvgIpc) is 2.95. The lowest BCUT2D eigenvalue weighted by Crippen LogP contribution is -2.25. The predicted octanol–water partition coefficient (Wildman–Crippen LogP) is -0.588. The lowest BCUT2D eigenvalue weighted by Gasteiger charge is -2.04. The smallest absolute Gasteiger partial charge is 0.260 e. The fourth-order valence-electron chi connectivity index (χ4n) is 1.46. The molecule has 0 amide bonds. The van der Waals surface area contributed by atoms with Gasteiger partial charge >= 0.3 is 0 Å². The number of aromatic amines is 2. The topological polar surface area (TPSA) is 124 Å². The minimum atomic E-state index is -3.77. The fraction of sp³-hybridized carbons (Fsp3) is 0.333. The molecule has 8 nitrogen and oxygen atoms in total. The van der Waals surface area contributed by atoms with Crippen LogP contribution in [0.3, 0.4) is 0 Å². The van der Waals surface area contributed by atoms with E-state index < -0.39 is 10.0 Å². The minimum absolute atomic E-state index is 0.0338. The minimum Gasteiger partial charge on any atom is -0.392 e.